The van der Waals surface area contributed by atoms with E-state index in [1.165, 1.54) is 19.9 Å². The Kier molecular flexibility index (Phi) is 3.60. The number of aromatic hydroxyl groups is 1. The fourth-order valence-electron chi connectivity index (χ4n) is 1.18. The summed E-state index contributed by atoms with van der Waals surface area (Å²) in [5.74, 6) is -3.83. The van der Waals surface area contributed by atoms with Gasteiger partial charge in [0.2, 0.25) is 0 Å². The number of hydrogen-bond donors (Lipinski definition) is 1. The first-order chi connectivity index (χ1) is 7.49. The van der Waals surface area contributed by atoms with Crippen LogP contribution in [0.4, 0.5) is 4.39 Å². The third-order valence-electron chi connectivity index (χ3n) is 2.00. The Hall–Kier alpha value is -1.91. The zero-order chi connectivity index (χ0) is 12.3. The number of carbonyl (C=O) groups is 2. The van der Waals surface area contributed by atoms with Crippen LogP contribution in [0, 0.1) is 12.7 Å². The molecule has 1 N–H and O–H groups in total. The van der Waals surface area contributed by atoms with E-state index in [0.29, 0.717) is 0 Å². The zero-order valence-corrected chi connectivity index (χ0v) is 8.91. The molecule has 16 heavy (non-hydrogen) atoms. The summed E-state index contributed by atoms with van der Waals surface area (Å²) in [5, 5.41) is 9.33. The molecule has 1 aromatic carbocycles. The van der Waals surface area contributed by atoms with E-state index in [0.717, 1.165) is 6.07 Å². The molecule has 0 aliphatic carbocycles. The van der Waals surface area contributed by atoms with Gasteiger partial charge < -0.3 is 9.84 Å². The molecule has 1 aromatic rings. The predicted molar refractivity (Wildman–Crippen MR) is 53.8 cm³/mol. The highest BCUT2D eigenvalue weighted by Crippen LogP contribution is 2.23. The normalized spacial score (nSPS) is 9.94. The number of halogens is 1. The van der Waals surface area contributed by atoms with Gasteiger partial charge in [0.05, 0.1) is 6.61 Å². The van der Waals surface area contributed by atoms with Crippen LogP contribution in [0.1, 0.15) is 22.8 Å². The van der Waals surface area contributed by atoms with Crippen LogP contribution in [-0.4, -0.2) is 23.5 Å². The van der Waals surface area contributed by atoms with E-state index >= 15 is 0 Å². The Morgan fingerprint density at radius 1 is 1.44 bits per heavy atom. The van der Waals surface area contributed by atoms with Crippen molar-refractivity contribution in [3.8, 4) is 5.75 Å². The van der Waals surface area contributed by atoms with Crippen LogP contribution in [0.25, 0.3) is 0 Å². The summed E-state index contributed by atoms with van der Waals surface area (Å²) >= 11 is 0. The summed E-state index contributed by atoms with van der Waals surface area (Å²) in [6.07, 6.45) is 0. The smallest absolute Gasteiger partial charge is 0.379 e. The van der Waals surface area contributed by atoms with Crippen LogP contribution in [0.2, 0.25) is 0 Å². The molecule has 0 aromatic heterocycles. The highest BCUT2D eigenvalue weighted by molar-refractivity contribution is 6.41. The molecular formula is C11H11FO4. The topological polar surface area (TPSA) is 63.6 Å². The second kappa shape index (κ2) is 4.74. The van der Waals surface area contributed by atoms with E-state index in [4.69, 9.17) is 0 Å². The molecule has 0 aliphatic rings. The van der Waals surface area contributed by atoms with Gasteiger partial charge in [-0.15, -0.1) is 0 Å². The Balaban J connectivity index is 3.18. The molecule has 4 nitrogen and oxygen atoms in total. The Morgan fingerprint density at radius 3 is 2.62 bits per heavy atom. The van der Waals surface area contributed by atoms with Crippen molar-refractivity contribution in [3.05, 3.63) is 29.1 Å². The van der Waals surface area contributed by atoms with Crippen LogP contribution in [-0.2, 0) is 9.53 Å². The first-order valence-corrected chi connectivity index (χ1v) is 4.68. The Morgan fingerprint density at radius 2 is 2.06 bits per heavy atom. The maximum absolute atomic E-state index is 13.5. The molecule has 0 unspecified atom stereocenters. The number of phenols is 1. The summed E-state index contributed by atoms with van der Waals surface area (Å²) in [7, 11) is 0. The molecular weight excluding hydrogens is 215 g/mol. The van der Waals surface area contributed by atoms with E-state index in [9.17, 15) is 19.1 Å². The molecule has 0 heterocycles. The number of Topliss-reactive ketones (excluding diaryl/α,β-unsaturated/α-hetero) is 1. The molecule has 0 fully saturated rings. The summed E-state index contributed by atoms with van der Waals surface area (Å²) in [4.78, 5) is 22.6. The molecule has 0 saturated carbocycles. The minimum Gasteiger partial charge on any atom is -0.507 e. The second-order valence-corrected chi connectivity index (χ2v) is 3.14. The van der Waals surface area contributed by atoms with Crippen molar-refractivity contribution in [1.29, 1.82) is 0 Å². The monoisotopic (exact) mass is 226 g/mol. The van der Waals surface area contributed by atoms with E-state index in [-0.39, 0.29) is 12.2 Å². The fourth-order valence-corrected chi connectivity index (χ4v) is 1.18. The van der Waals surface area contributed by atoms with E-state index in [2.05, 4.69) is 4.74 Å². The van der Waals surface area contributed by atoms with Crippen LogP contribution in [0.3, 0.4) is 0 Å². The van der Waals surface area contributed by atoms with Crippen LogP contribution in [0.15, 0.2) is 12.1 Å². The summed E-state index contributed by atoms with van der Waals surface area (Å²) in [6, 6.07) is 2.47. The number of carbonyl (C=O) groups excluding carboxylic acids is 2. The number of rotatable bonds is 3. The largest absolute Gasteiger partial charge is 0.507 e. The average Bonchev–Trinajstić information content (AvgIpc) is 2.24. The van der Waals surface area contributed by atoms with Gasteiger partial charge in [0.1, 0.15) is 17.1 Å². The predicted octanol–water partition coefficient (Wildman–Crippen LogP) is 1.59. The molecule has 0 amide bonds. The van der Waals surface area contributed by atoms with E-state index in [1.54, 1.807) is 0 Å². The second-order valence-electron chi connectivity index (χ2n) is 3.14. The molecule has 0 atom stereocenters. The zero-order valence-electron chi connectivity index (χ0n) is 8.91. The highest BCUT2D eigenvalue weighted by atomic mass is 19.1. The number of ether oxygens (including phenoxy) is 1. The lowest BCUT2D eigenvalue weighted by molar-refractivity contribution is -0.137. The number of hydrogen-bond acceptors (Lipinski definition) is 4. The molecule has 1 rings (SSSR count). The quantitative estimate of drug-likeness (QED) is 0.483. The van der Waals surface area contributed by atoms with Gasteiger partial charge in [0, 0.05) is 0 Å². The number of aryl methyl sites for hydroxylation is 1. The SMILES string of the molecule is CCOC(=O)C(=O)c1c(O)ccc(C)c1F. The molecule has 0 bridgehead atoms. The van der Waals surface area contributed by atoms with Gasteiger partial charge in [0.15, 0.2) is 0 Å². The van der Waals surface area contributed by atoms with E-state index < -0.39 is 28.9 Å². The van der Waals surface area contributed by atoms with Crippen molar-refractivity contribution in [3.63, 3.8) is 0 Å². The third-order valence-corrected chi connectivity index (χ3v) is 2.00. The van der Waals surface area contributed by atoms with Crippen molar-refractivity contribution in [2.45, 2.75) is 13.8 Å². The van der Waals surface area contributed by atoms with E-state index in [1.807, 2.05) is 0 Å². The van der Waals surface area contributed by atoms with Gasteiger partial charge in [-0.25, -0.2) is 9.18 Å². The van der Waals surface area contributed by atoms with Gasteiger partial charge in [-0.1, -0.05) is 6.07 Å². The molecule has 0 aliphatic heterocycles. The first-order valence-electron chi connectivity index (χ1n) is 4.68. The van der Waals surface area contributed by atoms with Gasteiger partial charge in [-0.3, -0.25) is 4.79 Å². The maximum atomic E-state index is 13.5. The van der Waals surface area contributed by atoms with Crippen molar-refractivity contribution in [2.75, 3.05) is 6.61 Å². The van der Waals surface area contributed by atoms with Gasteiger partial charge in [-0.2, -0.15) is 0 Å². The van der Waals surface area contributed by atoms with Gasteiger partial charge in [-0.05, 0) is 25.5 Å². The van der Waals surface area contributed by atoms with Gasteiger partial charge in [0.25, 0.3) is 5.78 Å². The van der Waals surface area contributed by atoms with Crippen molar-refractivity contribution < 1.29 is 23.8 Å². The average molecular weight is 226 g/mol. The molecule has 5 heteroatoms. The lowest BCUT2D eigenvalue weighted by Crippen LogP contribution is -2.19. The molecule has 0 spiro atoms. The lowest BCUT2D eigenvalue weighted by Gasteiger charge is -2.06. The Bertz CT molecular complexity index is 440. The van der Waals surface area contributed by atoms with Crippen molar-refractivity contribution in [2.24, 2.45) is 0 Å². The fraction of sp³-hybridized carbons (Fsp3) is 0.273. The van der Waals surface area contributed by atoms with Gasteiger partial charge >= 0.3 is 5.97 Å². The van der Waals surface area contributed by atoms with Crippen LogP contribution >= 0.6 is 0 Å². The third kappa shape index (κ3) is 2.18. The van der Waals surface area contributed by atoms with Crippen molar-refractivity contribution in [1.82, 2.24) is 0 Å². The van der Waals surface area contributed by atoms with Crippen molar-refractivity contribution >= 4 is 11.8 Å². The minimum absolute atomic E-state index is 0.0127. The number of ketones is 1. The highest BCUT2D eigenvalue weighted by Gasteiger charge is 2.25. The number of benzene rings is 1. The summed E-state index contributed by atoms with van der Waals surface area (Å²) in [6.45, 7) is 2.97. The molecule has 86 valence electrons. The lowest BCUT2D eigenvalue weighted by atomic mass is 10.1. The number of phenolic OH excluding ortho intramolecular Hbond substituents is 1. The van der Waals surface area contributed by atoms with Crippen LogP contribution in [0.5, 0.6) is 5.75 Å². The standard InChI is InChI=1S/C11H11FO4/c1-3-16-11(15)10(14)8-7(13)5-4-6(2)9(8)12/h4-5,13H,3H2,1-2H3. The first kappa shape index (κ1) is 12.2. The Labute approximate surface area is 91.7 Å². The molecule has 0 saturated heterocycles. The summed E-state index contributed by atoms with van der Waals surface area (Å²) < 4.78 is 18.0. The minimum atomic E-state index is -1.18. The summed E-state index contributed by atoms with van der Waals surface area (Å²) in [5.41, 5.74) is -0.469. The molecule has 0 radical (unpaired) electrons. The number of esters is 1. The maximum Gasteiger partial charge on any atom is 0.379 e. The van der Waals surface area contributed by atoms with Crippen LogP contribution < -0.4 is 0 Å².